The second-order valence-electron chi connectivity index (χ2n) is 5.28. The number of aromatic nitrogens is 3. The molecule has 1 aromatic rings. The summed E-state index contributed by atoms with van der Waals surface area (Å²) >= 11 is 0. The number of rotatable bonds is 4. The predicted molar refractivity (Wildman–Crippen MR) is 68.6 cm³/mol. The molecule has 0 aromatic carbocycles. The molecule has 0 aliphatic rings. The van der Waals surface area contributed by atoms with Gasteiger partial charge in [-0.05, 0) is 13.8 Å². The molecule has 0 radical (unpaired) electrons. The van der Waals surface area contributed by atoms with Gasteiger partial charge in [-0.1, -0.05) is 26.0 Å². The summed E-state index contributed by atoms with van der Waals surface area (Å²) in [5.74, 6) is -1.08. The lowest BCUT2D eigenvalue weighted by Crippen LogP contribution is -2.30. The number of nitrogens with zero attached hydrogens (tertiary/aromatic N) is 3. The number of esters is 1. The van der Waals surface area contributed by atoms with Crippen molar-refractivity contribution in [3.8, 4) is 0 Å². The van der Waals surface area contributed by atoms with Crippen LogP contribution >= 0.6 is 0 Å². The maximum absolute atomic E-state index is 11.9. The molecular weight excluding hydrogens is 248 g/mol. The van der Waals surface area contributed by atoms with Crippen molar-refractivity contribution in [1.29, 1.82) is 0 Å². The monoisotopic (exact) mass is 268 g/mol. The van der Waals surface area contributed by atoms with Gasteiger partial charge in [-0.2, -0.15) is 0 Å². The molecule has 0 fully saturated rings. The van der Waals surface area contributed by atoms with Gasteiger partial charge in [0.05, 0.1) is 12.3 Å². The van der Waals surface area contributed by atoms with Crippen molar-refractivity contribution in [3.05, 3.63) is 11.4 Å². The Hall–Kier alpha value is -1.92. The third kappa shape index (κ3) is 3.10. The molecule has 1 atom stereocenters. The van der Waals surface area contributed by atoms with E-state index in [0.29, 0.717) is 5.69 Å². The zero-order valence-corrected chi connectivity index (χ0v) is 11.9. The van der Waals surface area contributed by atoms with E-state index in [9.17, 15) is 9.59 Å². The molecular formula is C12H20N4O3. The van der Waals surface area contributed by atoms with E-state index in [1.807, 2.05) is 20.8 Å². The van der Waals surface area contributed by atoms with Crippen molar-refractivity contribution in [2.75, 3.05) is 6.61 Å². The van der Waals surface area contributed by atoms with E-state index >= 15 is 0 Å². The number of hydrogen-bond acceptors (Lipinski definition) is 5. The molecule has 106 valence electrons. The smallest absolute Gasteiger partial charge is 0.360 e. The molecule has 0 aliphatic carbocycles. The summed E-state index contributed by atoms with van der Waals surface area (Å²) in [6, 6.07) is -0.676. The maximum atomic E-state index is 11.9. The van der Waals surface area contributed by atoms with Gasteiger partial charge in [0.25, 0.3) is 0 Å². The minimum Gasteiger partial charge on any atom is -0.461 e. The Balaban J connectivity index is 3.36. The van der Waals surface area contributed by atoms with Crippen LogP contribution in [0.3, 0.4) is 0 Å². The summed E-state index contributed by atoms with van der Waals surface area (Å²) in [5, 5.41) is 7.71. The van der Waals surface area contributed by atoms with Crippen LogP contribution in [0.5, 0.6) is 0 Å². The molecule has 1 rings (SSSR count). The van der Waals surface area contributed by atoms with Crippen molar-refractivity contribution in [3.63, 3.8) is 0 Å². The second-order valence-corrected chi connectivity index (χ2v) is 5.28. The molecule has 1 amide bonds. The lowest BCUT2D eigenvalue weighted by atomic mass is 9.90. The van der Waals surface area contributed by atoms with Crippen LogP contribution in [-0.2, 0) is 14.9 Å². The summed E-state index contributed by atoms with van der Waals surface area (Å²) in [6.07, 6.45) is 0. The zero-order chi connectivity index (χ0) is 14.8. The zero-order valence-electron chi connectivity index (χ0n) is 11.9. The molecule has 1 unspecified atom stereocenters. The first-order chi connectivity index (χ1) is 8.70. The molecule has 0 aliphatic heterocycles. The van der Waals surface area contributed by atoms with E-state index < -0.39 is 23.3 Å². The fourth-order valence-corrected chi connectivity index (χ4v) is 1.72. The first-order valence-corrected chi connectivity index (χ1v) is 6.12. The minimum absolute atomic E-state index is 0.127. The molecule has 0 spiro atoms. The van der Waals surface area contributed by atoms with Gasteiger partial charge in [0.15, 0.2) is 5.69 Å². The number of nitrogens with two attached hydrogens (primary N) is 1. The van der Waals surface area contributed by atoms with Gasteiger partial charge in [-0.15, -0.1) is 5.10 Å². The maximum Gasteiger partial charge on any atom is 0.360 e. The lowest BCUT2D eigenvalue weighted by Gasteiger charge is -2.22. The third-order valence-electron chi connectivity index (χ3n) is 2.65. The average molecular weight is 268 g/mol. The second kappa shape index (κ2) is 5.38. The Labute approximate surface area is 112 Å². The van der Waals surface area contributed by atoms with Crippen LogP contribution < -0.4 is 5.73 Å². The Morgan fingerprint density at radius 3 is 2.42 bits per heavy atom. The van der Waals surface area contributed by atoms with E-state index in [0.717, 1.165) is 0 Å². The molecule has 0 bridgehead atoms. The van der Waals surface area contributed by atoms with E-state index in [2.05, 4.69) is 10.3 Å². The van der Waals surface area contributed by atoms with Gasteiger partial charge in [0.2, 0.25) is 5.91 Å². The Bertz CT molecular complexity index is 488. The summed E-state index contributed by atoms with van der Waals surface area (Å²) in [4.78, 5) is 23.2. The summed E-state index contributed by atoms with van der Waals surface area (Å²) in [6.45, 7) is 9.28. The highest BCUT2D eigenvalue weighted by atomic mass is 16.5. The largest absolute Gasteiger partial charge is 0.461 e. The first-order valence-electron chi connectivity index (χ1n) is 6.12. The normalized spacial score (nSPS) is 13.1. The van der Waals surface area contributed by atoms with Gasteiger partial charge in [-0.3, -0.25) is 4.79 Å². The first kappa shape index (κ1) is 15.1. The van der Waals surface area contributed by atoms with Crippen LogP contribution in [0.4, 0.5) is 0 Å². The van der Waals surface area contributed by atoms with Crippen molar-refractivity contribution < 1.29 is 14.3 Å². The van der Waals surface area contributed by atoms with Gasteiger partial charge in [0, 0.05) is 5.41 Å². The molecule has 7 nitrogen and oxygen atoms in total. The van der Waals surface area contributed by atoms with Crippen molar-refractivity contribution in [2.45, 2.75) is 46.1 Å². The third-order valence-corrected chi connectivity index (χ3v) is 2.65. The van der Waals surface area contributed by atoms with Crippen LogP contribution in [0.25, 0.3) is 0 Å². The van der Waals surface area contributed by atoms with Crippen LogP contribution in [0.15, 0.2) is 0 Å². The summed E-state index contributed by atoms with van der Waals surface area (Å²) < 4.78 is 6.33. The minimum atomic E-state index is -0.676. The standard InChI is InChI=1S/C12H20N4O3/c1-6-19-11(18)8-9(12(3,4)5)16(15-14-8)7(2)10(13)17/h7H,6H2,1-5H3,(H2,13,17). The summed E-state index contributed by atoms with van der Waals surface area (Å²) in [7, 11) is 0. The number of carbonyl (C=O) groups is 2. The lowest BCUT2D eigenvalue weighted by molar-refractivity contribution is -0.121. The molecule has 0 saturated heterocycles. The number of amides is 1. The Morgan fingerprint density at radius 1 is 1.42 bits per heavy atom. The van der Waals surface area contributed by atoms with Crippen molar-refractivity contribution >= 4 is 11.9 Å². The van der Waals surface area contributed by atoms with E-state index in [1.165, 1.54) is 4.68 Å². The molecule has 19 heavy (non-hydrogen) atoms. The van der Waals surface area contributed by atoms with E-state index in [-0.39, 0.29) is 12.3 Å². The van der Waals surface area contributed by atoms with Crippen molar-refractivity contribution in [1.82, 2.24) is 15.0 Å². The molecule has 7 heteroatoms. The fourth-order valence-electron chi connectivity index (χ4n) is 1.72. The quantitative estimate of drug-likeness (QED) is 0.814. The van der Waals surface area contributed by atoms with Gasteiger partial charge in [-0.25, -0.2) is 9.48 Å². The fraction of sp³-hybridized carbons (Fsp3) is 0.667. The number of carbonyl (C=O) groups excluding carboxylic acids is 2. The Kier molecular flexibility index (Phi) is 4.28. The van der Waals surface area contributed by atoms with Crippen LogP contribution in [0.2, 0.25) is 0 Å². The number of ether oxygens (including phenoxy) is 1. The highest BCUT2D eigenvalue weighted by Gasteiger charge is 2.32. The molecule has 2 N–H and O–H groups in total. The van der Waals surface area contributed by atoms with Gasteiger partial charge >= 0.3 is 5.97 Å². The average Bonchev–Trinajstić information content (AvgIpc) is 2.72. The van der Waals surface area contributed by atoms with Crippen LogP contribution in [0.1, 0.15) is 56.8 Å². The van der Waals surface area contributed by atoms with Crippen LogP contribution in [-0.4, -0.2) is 33.5 Å². The van der Waals surface area contributed by atoms with E-state index in [4.69, 9.17) is 10.5 Å². The molecule has 1 aromatic heterocycles. The highest BCUT2D eigenvalue weighted by Crippen LogP contribution is 2.27. The van der Waals surface area contributed by atoms with Gasteiger partial charge < -0.3 is 10.5 Å². The van der Waals surface area contributed by atoms with E-state index in [1.54, 1.807) is 13.8 Å². The predicted octanol–water partition coefficient (Wildman–Crippen LogP) is 0.799. The number of primary amides is 1. The Morgan fingerprint density at radius 2 is 2.00 bits per heavy atom. The highest BCUT2D eigenvalue weighted by molar-refractivity contribution is 5.89. The van der Waals surface area contributed by atoms with Gasteiger partial charge in [0.1, 0.15) is 6.04 Å². The molecule has 0 saturated carbocycles. The topological polar surface area (TPSA) is 100 Å². The summed E-state index contributed by atoms with van der Waals surface area (Å²) in [5.41, 5.74) is 5.53. The van der Waals surface area contributed by atoms with Crippen molar-refractivity contribution in [2.24, 2.45) is 5.73 Å². The van der Waals surface area contributed by atoms with Crippen LogP contribution in [0, 0.1) is 0 Å². The number of hydrogen-bond donors (Lipinski definition) is 1. The SMILES string of the molecule is CCOC(=O)c1nnn(C(C)C(N)=O)c1C(C)(C)C. The molecule has 1 heterocycles.